The van der Waals surface area contributed by atoms with Gasteiger partial charge in [0.25, 0.3) is 0 Å². The van der Waals surface area contributed by atoms with Crippen LogP contribution in [-0.2, 0) is 5.41 Å². The fourth-order valence-electron chi connectivity index (χ4n) is 1.72. The molecule has 0 amide bonds. The van der Waals surface area contributed by atoms with Gasteiger partial charge in [0.05, 0.1) is 13.2 Å². The van der Waals surface area contributed by atoms with Crippen LogP contribution in [0.25, 0.3) is 0 Å². The molecule has 3 heteroatoms. The molecule has 2 atom stereocenters. The average molecular weight is 237 g/mol. The first-order valence-corrected chi connectivity index (χ1v) is 5.89. The van der Waals surface area contributed by atoms with Gasteiger partial charge in [-0.15, -0.1) is 0 Å². The highest BCUT2D eigenvalue weighted by Crippen LogP contribution is 2.32. The van der Waals surface area contributed by atoms with Crippen molar-refractivity contribution in [2.45, 2.75) is 45.3 Å². The number of ether oxygens (including phenoxy) is 1. The Morgan fingerprint density at radius 3 is 2.29 bits per heavy atom. The molecular weight excluding hydrogens is 214 g/mol. The van der Waals surface area contributed by atoms with Gasteiger partial charge >= 0.3 is 0 Å². The molecule has 0 bridgehead atoms. The summed E-state index contributed by atoms with van der Waals surface area (Å²) >= 11 is 0. The van der Waals surface area contributed by atoms with Gasteiger partial charge in [-0.3, -0.25) is 0 Å². The molecule has 1 aromatic carbocycles. The SMILES string of the molecule is COc1ccc(C(C)(C)C)cc1[C@H](O)[C@@H](C)N. The van der Waals surface area contributed by atoms with Crippen molar-refractivity contribution in [3.05, 3.63) is 29.3 Å². The number of methoxy groups -OCH3 is 1. The second-order valence-electron chi connectivity index (χ2n) is 5.51. The van der Waals surface area contributed by atoms with Gasteiger partial charge in [-0.1, -0.05) is 26.8 Å². The van der Waals surface area contributed by atoms with E-state index in [1.54, 1.807) is 14.0 Å². The van der Waals surface area contributed by atoms with Gasteiger partial charge < -0.3 is 15.6 Å². The van der Waals surface area contributed by atoms with E-state index in [9.17, 15) is 5.11 Å². The summed E-state index contributed by atoms with van der Waals surface area (Å²) < 4.78 is 5.27. The summed E-state index contributed by atoms with van der Waals surface area (Å²) in [4.78, 5) is 0. The maximum Gasteiger partial charge on any atom is 0.124 e. The molecule has 0 saturated heterocycles. The summed E-state index contributed by atoms with van der Waals surface area (Å²) in [5.41, 5.74) is 7.70. The highest BCUT2D eigenvalue weighted by molar-refractivity contribution is 5.41. The summed E-state index contributed by atoms with van der Waals surface area (Å²) in [5, 5.41) is 10.1. The predicted octanol–water partition coefficient (Wildman–Crippen LogP) is 2.37. The molecule has 0 spiro atoms. The van der Waals surface area contributed by atoms with Crippen LogP contribution in [-0.4, -0.2) is 18.3 Å². The zero-order valence-electron chi connectivity index (χ0n) is 11.3. The Morgan fingerprint density at radius 1 is 1.29 bits per heavy atom. The van der Waals surface area contributed by atoms with E-state index in [2.05, 4.69) is 20.8 Å². The van der Waals surface area contributed by atoms with Crippen molar-refractivity contribution in [3.8, 4) is 5.75 Å². The molecule has 0 unspecified atom stereocenters. The quantitative estimate of drug-likeness (QED) is 0.848. The van der Waals surface area contributed by atoms with Crippen molar-refractivity contribution in [1.29, 1.82) is 0 Å². The van der Waals surface area contributed by atoms with Gasteiger partial charge in [0.15, 0.2) is 0 Å². The van der Waals surface area contributed by atoms with Crippen LogP contribution in [0, 0.1) is 0 Å². The fraction of sp³-hybridized carbons (Fsp3) is 0.571. The van der Waals surface area contributed by atoms with Crippen LogP contribution in [0.5, 0.6) is 5.75 Å². The molecule has 0 aliphatic rings. The molecule has 3 N–H and O–H groups in total. The topological polar surface area (TPSA) is 55.5 Å². The first-order valence-electron chi connectivity index (χ1n) is 5.89. The van der Waals surface area contributed by atoms with E-state index in [4.69, 9.17) is 10.5 Å². The molecule has 0 radical (unpaired) electrons. The molecule has 0 saturated carbocycles. The first-order chi connectivity index (χ1) is 7.77. The van der Waals surface area contributed by atoms with Crippen LogP contribution in [0.3, 0.4) is 0 Å². The monoisotopic (exact) mass is 237 g/mol. The zero-order valence-corrected chi connectivity index (χ0v) is 11.3. The number of aliphatic hydroxyl groups excluding tert-OH is 1. The second-order valence-corrected chi connectivity index (χ2v) is 5.51. The van der Waals surface area contributed by atoms with E-state index in [1.807, 2.05) is 18.2 Å². The van der Waals surface area contributed by atoms with E-state index < -0.39 is 6.10 Å². The molecule has 1 aromatic rings. The lowest BCUT2D eigenvalue weighted by molar-refractivity contribution is 0.149. The molecule has 0 fully saturated rings. The van der Waals surface area contributed by atoms with Crippen LogP contribution in [0.1, 0.15) is 44.9 Å². The van der Waals surface area contributed by atoms with Crippen LogP contribution >= 0.6 is 0 Å². The van der Waals surface area contributed by atoms with Crippen molar-refractivity contribution in [2.75, 3.05) is 7.11 Å². The van der Waals surface area contributed by atoms with Crippen LogP contribution in [0.4, 0.5) is 0 Å². The normalized spacial score (nSPS) is 15.5. The van der Waals surface area contributed by atoms with Crippen LogP contribution in [0.15, 0.2) is 18.2 Å². The van der Waals surface area contributed by atoms with Crippen molar-refractivity contribution in [3.63, 3.8) is 0 Å². The number of hydrogen-bond donors (Lipinski definition) is 2. The lowest BCUT2D eigenvalue weighted by Gasteiger charge is -2.24. The zero-order chi connectivity index (χ0) is 13.2. The molecule has 0 aliphatic carbocycles. The Bertz CT molecular complexity index is 380. The van der Waals surface area contributed by atoms with Gasteiger partial charge in [-0.25, -0.2) is 0 Å². The van der Waals surface area contributed by atoms with E-state index in [0.29, 0.717) is 5.75 Å². The lowest BCUT2D eigenvalue weighted by atomic mass is 9.85. The highest BCUT2D eigenvalue weighted by atomic mass is 16.5. The van der Waals surface area contributed by atoms with Crippen LogP contribution < -0.4 is 10.5 Å². The Morgan fingerprint density at radius 2 is 1.88 bits per heavy atom. The number of nitrogens with two attached hydrogens (primary N) is 1. The third kappa shape index (κ3) is 3.20. The maximum absolute atomic E-state index is 10.1. The van der Waals surface area contributed by atoms with Crippen molar-refractivity contribution in [1.82, 2.24) is 0 Å². The third-order valence-electron chi connectivity index (χ3n) is 2.91. The number of aliphatic hydroxyl groups is 1. The Hall–Kier alpha value is -1.06. The smallest absolute Gasteiger partial charge is 0.124 e. The molecule has 3 nitrogen and oxygen atoms in total. The summed E-state index contributed by atoms with van der Waals surface area (Å²) in [7, 11) is 1.60. The largest absolute Gasteiger partial charge is 0.496 e. The van der Waals surface area contributed by atoms with E-state index in [0.717, 1.165) is 11.1 Å². The summed E-state index contributed by atoms with van der Waals surface area (Å²) in [6.07, 6.45) is -0.702. The fourth-order valence-corrected chi connectivity index (χ4v) is 1.72. The molecule has 0 aromatic heterocycles. The van der Waals surface area contributed by atoms with E-state index in [1.165, 1.54) is 0 Å². The van der Waals surface area contributed by atoms with Gasteiger partial charge in [0.1, 0.15) is 5.75 Å². The minimum atomic E-state index is -0.702. The average Bonchev–Trinajstić information content (AvgIpc) is 2.25. The van der Waals surface area contributed by atoms with E-state index in [-0.39, 0.29) is 11.5 Å². The molecule has 0 heterocycles. The Labute approximate surface area is 104 Å². The van der Waals surface area contributed by atoms with Gasteiger partial charge in [0, 0.05) is 11.6 Å². The highest BCUT2D eigenvalue weighted by Gasteiger charge is 2.21. The molecule has 0 aliphatic heterocycles. The Balaban J connectivity index is 3.25. The molecule has 96 valence electrons. The van der Waals surface area contributed by atoms with Crippen molar-refractivity contribution >= 4 is 0 Å². The Kier molecular flexibility index (Phi) is 4.17. The van der Waals surface area contributed by atoms with E-state index >= 15 is 0 Å². The maximum atomic E-state index is 10.1. The molecular formula is C14H23NO2. The van der Waals surface area contributed by atoms with Crippen LogP contribution in [0.2, 0.25) is 0 Å². The minimum Gasteiger partial charge on any atom is -0.496 e. The van der Waals surface area contributed by atoms with Crippen molar-refractivity contribution < 1.29 is 9.84 Å². The minimum absolute atomic E-state index is 0.0403. The third-order valence-corrected chi connectivity index (χ3v) is 2.91. The van der Waals surface area contributed by atoms with Crippen molar-refractivity contribution in [2.24, 2.45) is 5.73 Å². The number of rotatable bonds is 3. The second kappa shape index (κ2) is 5.07. The van der Waals surface area contributed by atoms with Gasteiger partial charge in [-0.2, -0.15) is 0 Å². The number of benzene rings is 1. The molecule has 1 rings (SSSR count). The van der Waals surface area contributed by atoms with Gasteiger partial charge in [0.2, 0.25) is 0 Å². The lowest BCUT2D eigenvalue weighted by Crippen LogP contribution is -2.25. The summed E-state index contributed by atoms with van der Waals surface area (Å²) in [6.45, 7) is 8.19. The first kappa shape index (κ1) is 14.0. The van der Waals surface area contributed by atoms with Gasteiger partial charge in [-0.05, 0) is 30.0 Å². The standard InChI is InChI=1S/C14H23NO2/c1-9(15)13(16)11-8-10(14(2,3)4)6-7-12(11)17-5/h6-9,13,16H,15H2,1-5H3/t9-,13-/m1/s1. The predicted molar refractivity (Wildman–Crippen MR) is 70.3 cm³/mol. The summed E-state index contributed by atoms with van der Waals surface area (Å²) in [6, 6.07) is 5.57. The number of hydrogen-bond acceptors (Lipinski definition) is 3. The summed E-state index contributed by atoms with van der Waals surface area (Å²) in [5.74, 6) is 0.683. The molecule has 17 heavy (non-hydrogen) atoms.